The monoisotopic (exact) mass is 267 g/mol. The zero-order chi connectivity index (χ0) is 14.2. The second kappa shape index (κ2) is 4.91. The minimum atomic E-state index is -1.84. The van der Waals surface area contributed by atoms with Crippen LogP contribution in [0, 0.1) is 5.82 Å². The van der Waals surface area contributed by atoms with Gasteiger partial charge in [-0.15, -0.1) is 0 Å². The van der Waals surface area contributed by atoms with Crippen LogP contribution in [-0.4, -0.2) is 29.1 Å². The molecule has 0 bridgehead atoms. The van der Waals surface area contributed by atoms with Crippen LogP contribution in [0.3, 0.4) is 0 Å². The Morgan fingerprint density at radius 1 is 1.32 bits per heavy atom. The third-order valence-corrected chi connectivity index (χ3v) is 3.69. The van der Waals surface area contributed by atoms with Crippen molar-refractivity contribution >= 4 is 5.91 Å². The number of halogens is 2. The van der Waals surface area contributed by atoms with E-state index in [1.165, 1.54) is 26.0 Å². The molecule has 0 N–H and O–H groups in total. The SMILES string of the molecule is C[C@@H]1C[C@H](c2ccc(F)cc2)CN1C(=O)C(C)(C)F. The summed E-state index contributed by atoms with van der Waals surface area (Å²) in [5, 5.41) is 0. The topological polar surface area (TPSA) is 20.3 Å². The highest BCUT2D eigenvalue weighted by molar-refractivity contribution is 5.84. The summed E-state index contributed by atoms with van der Waals surface area (Å²) in [6.07, 6.45) is 0.785. The lowest BCUT2D eigenvalue weighted by atomic mass is 9.97. The normalized spacial score (nSPS) is 23.7. The fourth-order valence-electron chi connectivity index (χ4n) is 2.63. The van der Waals surface area contributed by atoms with Gasteiger partial charge < -0.3 is 4.90 Å². The smallest absolute Gasteiger partial charge is 0.259 e. The molecule has 1 amide bonds. The first-order valence-electron chi connectivity index (χ1n) is 6.54. The van der Waals surface area contributed by atoms with Gasteiger partial charge in [-0.1, -0.05) is 12.1 Å². The molecule has 1 aromatic carbocycles. The lowest BCUT2D eigenvalue weighted by molar-refractivity contribution is -0.142. The molecule has 2 rings (SSSR count). The van der Waals surface area contributed by atoms with E-state index in [9.17, 15) is 13.6 Å². The molecule has 1 saturated heterocycles. The van der Waals surface area contributed by atoms with Crippen molar-refractivity contribution in [1.82, 2.24) is 4.90 Å². The predicted molar refractivity (Wildman–Crippen MR) is 70.1 cm³/mol. The second-order valence-electron chi connectivity index (χ2n) is 5.76. The zero-order valence-electron chi connectivity index (χ0n) is 11.5. The van der Waals surface area contributed by atoms with E-state index in [0.29, 0.717) is 6.54 Å². The van der Waals surface area contributed by atoms with Crippen LogP contribution in [-0.2, 0) is 4.79 Å². The van der Waals surface area contributed by atoms with Gasteiger partial charge in [-0.25, -0.2) is 8.78 Å². The van der Waals surface area contributed by atoms with Gasteiger partial charge in [0.05, 0.1) is 0 Å². The summed E-state index contributed by atoms with van der Waals surface area (Å²) >= 11 is 0. The summed E-state index contributed by atoms with van der Waals surface area (Å²) in [5.41, 5.74) is -0.841. The number of benzene rings is 1. The predicted octanol–water partition coefficient (Wildman–Crippen LogP) is 3.28. The van der Waals surface area contributed by atoms with E-state index in [1.807, 2.05) is 6.92 Å². The van der Waals surface area contributed by atoms with Gasteiger partial charge in [0.15, 0.2) is 5.67 Å². The van der Waals surface area contributed by atoms with Gasteiger partial charge in [0, 0.05) is 18.5 Å². The molecule has 2 atom stereocenters. The van der Waals surface area contributed by atoms with Gasteiger partial charge in [0.1, 0.15) is 5.82 Å². The molecule has 4 heteroatoms. The molecule has 1 aromatic rings. The number of amides is 1. The lowest BCUT2D eigenvalue weighted by Gasteiger charge is -2.26. The van der Waals surface area contributed by atoms with E-state index >= 15 is 0 Å². The first kappa shape index (κ1) is 14.0. The molecule has 0 radical (unpaired) electrons. The van der Waals surface area contributed by atoms with Crippen LogP contribution in [0.15, 0.2) is 24.3 Å². The number of hydrogen-bond donors (Lipinski definition) is 0. The molecule has 104 valence electrons. The Morgan fingerprint density at radius 3 is 2.42 bits per heavy atom. The van der Waals surface area contributed by atoms with Crippen molar-refractivity contribution in [3.05, 3.63) is 35.6 Å². The van der Waals surface area contributed by atoms with Gasteiger partial charge in [-0.05, 0) is 44.9 Å². The van der Waals surface area contributed by atoms with Crippen LogP contribution in [0.1, 0.15) is 38.7 Å². The molecule has 0 spiro atoms. The number of carbonyl (C=O) groups is 1. The van der Waals surface area contributed by atoms with Crippen molar-refractivity contribution in [3.63, 3.8) is 0 Å². The summed E-state index contributed by atoms with van der Waals surface area (Å²) in [6, 6.07) is 6.33. The van der Waals surface area contributed by atoms with Crippen molar-refractivity contribution in [3.8, 4) is 0 Å². The number of rotatable bonds is 2. The Bertz CT molecular complexity index is 464. The van der Waals surface area contributed by atoms with Crippen LogP contribution < -0.4 is 0 Å². The first-order valence-corrected chi connectivity index (χ1v) is 6.54. The Kier molecular flexibility index (Phi) is 3.61. The number of likely N-dealkylation sites (tertiary alicyclic amines) is 1. The van der Waals surface area contributed by atoms with Crippen LogP contribution in [0.5, 0.6) is 0 Å². The molecule has 1 heterocycles. The van der Waals surface area contributed by atoms with Crippen LogP contribution in [0.2, 0.25) is 0 Å². The molecule has 0 unspecified atom stereocenters. The Morgan fingerprint density at radius 2 is 1.89 bits per heavy atom. The minimum absolute atomic E-state index is 0.0116. The van der Waals surface area contributed by atoms with E-state index < -0.39 is 11.6 Å². The standard InChI is InChI=1S/C15H19F2NO/c1-10-8-12(11-4-6-13(16)7-5-11)9-18(10)14(19)15(2,3)17/h4-7,10,12H,8-9H2,1-3H3/t10-,12+/m1/s1. The fourth-order valence-corrected chi connectivity index (χ4v) is 2.63. The van der Waals surface area contributed by atoms with Gasteiger partial charge in [-0.3, -0.25) is 4.79 Å². The highest BCUT2D eigenvalue weighted by Crippen LogP contribution is 2.33. The molecule has 2 nitrogen and oxygen atoms in total. The molecule has 1 fully saturated rings. The summed E-state index contributed by atoms with van der Waals surface area (Å²) < 4.78 is 26.6. The van der Waals surface area contributed by atoms with E-state index in [-0.39, 0.29) is 17.8 Å². The molecular formula is C15H19F2NO. The summed E-state index contributed by atoms with van der Waals surface area (Å²) in [5.74, 6) is -0.584. The van der Waals surface area contributed by atoms with Gasteiger partial charge in [0.25, 0.3) is 5.91 Å². The van der Waals surface area contributed by atoms with Crippen molar-refractivity contribution < 1.29 is 13.6 Å². The maximum absolute atomic E-state index is 13.7. The molecule has 19 heavy (non-hydrogen) atoms. The zero-order valence-corrected chi connectivity index (χ0v) is 11.5. The number of carbonyl (C=O) groups excluding carboxylic acids is 1. The second-order valence-corrected chi connectivity index (χ2v) is 5.76. The van der Waals surface area contributed by atoms with Crippen molar-refractivity contribution in [2.24, 2.45) is 0 Å². The van der Waals surface area contributed by atoms with Crippen LogP contribution >= 0.6 is 0 Å². The van der Waals surface area contributed by atoms with Crippen LogP contribution in [0.4, 0.5) is 8.78 Å². The minimum Gasteiger partial charge on any atom is -0.337 e. The highest BCUT2D eigenvalue weighted by Gasteiger charge is 2.39. The maximum atomic E-state index is 13.7. The number of nitrogens with zero attached hydrogens (tertiary/aromatic N) is 1. The van der Waals surface area contributed by atoms with Crippen molar-refractivity contribution in [1.29, 1.82) is 0 Å². The van der Waals surface area contributed by atoms with Crippen molar-refractivity contribution in [2.75, 3.05) is 6.54 Å². The molecule has 0 saturated carbocycles. The molecule has 1 aliphatic heterocycles. The van der Waals surface area contributed by atoms with Gasteiger partial charge >= 0.3 is 0 Å². The molecule has 0 aliphatic carbocycles. The van der Waals surface area contributed by atoms with Gasteiger partial charge in [-0.2, -0.15) is 0 Å². The molecule has 0 aromatic heterocycles. The Hall–Kier alpha value is -1.45. The Balaban J connectivity index is 2.13. The number of hydrogen-bond acceptors (Lipinski definition) is 1. The summed E-state index contributed by atoms with van der Waals surface area (Å²) in [7, 11) is 0. The van der Waals surface area contributed by atoms with Crippen LogP contribution in [0.25, 0.3) is 0 Å². The third kappa shape index (κ3) is 2.94. The van der Waals surface area contributed by atoms with Crippen molar-refractivity contribution in [2.45, 2.75) is 44.8 Å². The maximum Gasteiger partial charge on any atom is 0.259 e. The summed E-state index contributed by atoms with van der Waals surface area (Å²) in [4.78, 5) is 13.6. The highest BCUT2D eigenvalue weighted by atomic mass is 19.1. The number of alkyl halides is 1. The van der Waals surface area contributed by atoms with E-state index in [1.54, 1.807) is 17.0 Å². The fraction of sp³-hybridized carbons (Fsp3) is 0.533. The average Bonchev–Trinajstić information content (AvgIpc) is 2.70. The van der Waals surface area contributed by atoms with E-state index in [2.05, 4.69) is 0 Å². The largest absolute Gasteiger partial charge is 0.337 e. The molecule has 1 aliphatic rings. The average molecular weight is 267 g/mol. The first-order chi connectivity index (χ1) is 8.79. The Labute approximate surface area is 112 Å². The summed E-state index contributed by atoms with van der Waals surface area (Å²) in [6.45, 7) is 4.99. The quantitative estimate of drug-likeness (QED) is 0.805. The van der Waals surface area contributed by atoms with E-state index in [4.69, 9.17) is 0 Å². The third-order valence-electron chi connectivity index (χ3n) is 3.69. The van der Waals surface area contributed by atoms with E-state index in [0.717, 1.165) is 12.0 Å². The molecular weight excluding hydrogens is 248 g/mol. The van der Waals surface area contributed by atoms with Gasteiger partial charge in [0.2, 0.25) is 0 Å². The lowest BCUT2D eigenvalue weighted by Crippen LogP contribution is -2.44.